The van der Waals surface area contributed by atoms with Crippen LogP contribution >= 0.6 is 23.2 Å². The number of anilines is 2. The van der Waals surface area contributed by atoms with Gasteiger partial charge < -0.3 is 21.5 Å². The second-order valence-corrected chi connectivity index (χ2v) is 6.17. The zero-order chi connectivity index (χ0) is 19.4. The largest absolute Gasteiger partial charge is 0.449 e. The van der Waals surface area contributed by atoms with Crippen LogP contribution in [0.2, 0.25) is 10.0 Å². The van der Waals surface area contributed by atoms with E-state index in [9.17, 15) is 14.4 Å². The molecule has 5 N–H and O–H groups in total. The number of hydrogen-bond donors (Lipinski definition) is 3. The van der Waals surface area contributed by atoms with Crippen LogP contribution in [0.15, 0.2) is 36.4 Å². The predicted molar refractivity (Wildman–Crippen MR) is 99.3 cm³/mol. The van der Waals surface area contributed by atoms with E-state index in [2.05, 4.69) is 5.32 Å². The third kappa shape index (κ3) is 4.65. The summed E-state index contributed by atoms with van der Waals surface area (Å²) in [4.78, 5) is 35.4. The minimum absolute atomic E-state index is 0.00992. The van der Waals surface area contributed by atoms with Gasteiger partial charge in [0.1, 0.15) is 0 Å². The average molecular weight is 396 g/mol. The van der Waals surface area contributed by atoms with Crippen molar-refractivity contribution in [1.29, 1.82) is 0 Å². The Morgan fingerprint density at radius 1 is 1.12 bits per heavy atom. The van der Waals surface area contributed by atoms with Crippen LogP contribution in [0.3, 0.4) is 0 Å². The van der Waals surface area contributed by atoms with Crippen LogP contribution in [0.5, 0.6) is 0 Å². The lowest BCUT2D eigenvalue weighted by Crippen LogP contribution is -2.30. The predicted octanol–water partition coefficient (Wildman–Crippen LogP) is 2.86. The highest BCUT2D eigenvalue weighted by Crippen LogP contribution is 2.28. The van der Waals surface area contributed by atoms with E-state index in [1.54, 1.807) is 0 Å². The van der Waals surface area contributed by atoms with Gasteiger partial charge in [-0.2, -0.15) is 0 Å². The second kappa shape index (κ2) is 8.07. The van der Waals surface area contributed by atoms with E-state index in [1.807, 2.05) is 0 Å². The first-order valence-corrected chi connectivity index (χ1v) is 8.11. The Balaban J connectivity index is 2.04. The fraction of sp³-hybridized carbons (Fsp3) is 0.118. The van der Waals surface area contributed by atoms with E-state index in [0.717, 1.165) is 0 Å². The van der Waals surface area contributed by atoms with Gasteiger partial charge in [0, 0.05) is 16.3 Å². The number of amides is 2. The van der Waals surface area contributed by atoms with E-state index in [4.69, 9.17) is 39.4 Å². The number of carbonyl (C=O) groups is 3. The molecular weight excluding hydrogens is 381 g/mol. The fourth-order valence-electron chi connectivity index (χ4n) is 1.99. The Hall–Kier alpha value is -2.77. The quantitative estimate of drug-likeness (QED) is 0.530. The van der Waals surface area contributed by atoms with Crippen LogP contribution < -0.4 is 16.8 Å². The maximum atomic E-state index is 12.2. The summed E-state index contributed by atoms with van der Waals surface area (Å²) in [7, 11) is 0. The number of nitrogen functional groups attached to an aromatic ring is 1. The van der Waals surface area contributed by atoms with Gasteiger partial charge in [-0.1, -0.05) is 23.2 Å². The normalized spacial score (nSPS) is 11.5. The van der Waals surface area contributed by atoms with Gasteiger partial charge in [0.15, 0.2) is 6.10 Å². The molecule has 2 aromatic rings. The highest BCUT2D eigenvalue weighted by atomic mass is 35.5. The van der Waals surface area contributed by atoms with Gasteiger partial charge in [0.05, 0.1) is 16.3 Å². The monoisotopic (exact) mass is 395 g/mol. The van der Waals surface area contributed by atoms with Crippen molar-refractivity contribution >= 4 is 52.4 Å². The SMILES string of the molecule is C[C@H](OC(=O)c1cc(Cl)cc(Cl)c1N)C(=O)Nc1ccc(C(N)=O)cc1. The van der Waals surface area contributed by atoms with E-state index < -0.39 is 23.9 Å². The minimum Gasteiger partial charge on any atom is -0.449 e. The first-order valence-electron chi connectivity index (χ1n) is 7.35. The number of hydrogen-bond acceptors (Lipinski definition) is 5. The fourth-order valence-corrected chi connectivity index (χ4v) is 2.49. The Bertz CT molecular complexity index is 869. The second-order valence-electron chi connectivity index (χ2n) is 5.33. The topological polar surface area (TPSA) is 125 Å². The number of carbonyl (C=O) groups excluding carboxylic acids is 3. The van der Waals surface area contributed by atoms with Crippen molar-refractivity contribution in [3.8, 4) is 0 Å². The van der Waals surface area contributed by atoms with E-state index in [1.165, 1.54) is 43.3 Å². The van der Waals surface area contributed by atoms with Gasteiger partial charge in [-0.3, -0.25) is 9.59 Å². The maximum Gasteiger partial charge on any atom is 0.341 e. The summed E-state index contributed by atoms with van der Waals surface area (Å²) in [5, 5.41) is 2.87. The standard InChI is InChI=1S/C17H15Cl2N3O4/c1-8(16(24)22-11-4-2-9(3-5-11)15(21)23)26-17(25)12-6-10(18)7-13(19)14(12)20/h2-8H,20H2,1H3,(H2,21,23)(H,22,24)/t8-/m0/s1. The lowest BCUT2D eigenvalue weighted by atomic mass is 10.2. The molecule has 0 unspecified atom stereocenters. The van der Waals surface area contributed by atoms with Crippen molar-refractivity contribution in [2.75, 3.05) is 11.1 Å². The number of primary amides is 1. The minimum atomic E-state index is -1.12. The lowest BCUT2D eigenvalue weighted by Gasteiger charge is -2.15. The molecule has 0 radical (unpaired) electrons. The molecule has 7 nitrogen and oxygen atoms in total. The van der Waals surface area contributed by atoms with Crippen molar-refractivity contribution in [2.24, 2.45) is 5.73 Å². The molecule has 2 aromatic carbocycles. The molecule has 0 saturated carbocycles. The molecule has 0 bridgehead atoms. The van der Waals surface area contributed by atoms with Gasteiger partial charge >= 0.3 is 5.97 Å². The van der Waals surface area contributed by atoms with E-state index in [-0.39, 0.29) is 21.3 Å². The molecule has 2 rings (SSSR count). The van der Waals surface area contributed by atoms with Crippen LogP contribution in [0, 0.1) is 0 Å². The lowest BCUT2D eigenvalue weighted by molar-refractivity contribution is -0.123. The van der Waals surface area contributed by atoms with Gasteiger partial charge in [-0.05, 0) is 43.3 Å². The highest BCUT2D eigenvalue weighted by molar-refractivity contribution is 6.37. The van der Waals surface area contributed by atoms with E-state index in [0.29, 0.717) is 11.3 Å². The number of halogens is 2. The molecular formula is C17H15Cl2N3O4. The van der Waals surface area contributed by atoms with Crippen LogP contribution in [-0.2, 0) is 9.53 Å². The number of esters is 1. The van der Waals surface area contributed by atoms with Crippen LogP contribution in [0.1, 0.15) is 27.6 Å². The maximum absolute atomic E-state index is 12.2. The zero-order valence-electron chi connectivity index (χ0n) is 13.6. The van der Waals surface area contributed by atoms with Crippen LogP contribution in [0.25, 0.3) is 0 Å². The number of rotatable bonds is 5. The molecule has 9 heteroatoms. The Morgan fingerprint density at radius 2 is 1.73 bits per heavy atom. The molecule has 1 atom stereocenters. The zero-order valence-corrected chi connectivity index (χ0v) is 15.1. The van der Waals surface area contributed by atoms with Crippen molar-refractivity contribution in [1.82, 2.24) is 0 Å². The van der Waals surface area contributed by atoms with Crippen LogP contribution in [-0.4, -0.2) is 23.9 Å². The third-order valence-electron chi connectivity index (χ3n) is 3.40. The van der Waals surface area contributed by atoms with Crippen molar-refractivity contribution in [3.63, 3.8) is 0 Å². The summed E-state index contributed by atoms with van der Waals surface area (Å²) >= 11 is 11.7. The molecule has 0 saturated heterocycles. The van der Waals surface area contributed by atoms with Crippen molar-refractivity contribution in [3.05, 3.63) is 57.6 Å². The van der Waals surface area contributed by atoms with Gasteiger partial charge in [0.2, 0.25) is 5.91 Å². The molecule has 0 aliphatic carbocycles. The first-order chi connectivity index (χ1) is 12.2. The smallest absolute Gasteiger partial charge is 0.341 e. The number of ether oxygens (including phenoxy) is 1. The Morgan fingerprint density at radius 3 is 2.31 bits per heavy atom. The van der Waals surface area contributed by atoms with Crippen molar-refractivity contribution < 1.29 is 19.1 Å². The molecule has 0 fully saturated rings. The molecule has 0 heterocycles. The summed E-state index contributed by atoms with van der Waals surface area (Å²) in [6, 6.07) is 8.62. The number of benzene rings is 2. The van der Waals surface area contributed by atoms with Gasteiger partial charge in [-0.25, -0.2) is 4.79 Å². The molecule has 0 aliphatic heterocycles. The molecule has 136 valence electrons. The third-order valence-corrected chi connectivity index (χ3v) is 3.94. The van der Waals surface area contributed by atoms with E-state index >= 15 is 0 Å². The summed E-state index contributed by atoms with van der Waals surface area (Å²) in [6.07, 6.45) is -1.12. The molecule has 0 aromatic heterocycles. The van der Waals surface area contributed by atoms with Gasteiger partial charge in [0.25, 0.3) is 5.91 Å². The molecule has 26 heavy (non-hydrogen) atoms. The summed E-state index contributed by atoms with van der Waals surface area (Å²) in [5.74, 6) is -1.99. The molecule has 0 spiro atoms. The summed E-state index contributed by atoms with van der Waals surface area (Å²) < 4.78 is 5.10. The average Bonchev–Trinajstić information content (AvgIpc) is 2.58. The van der Waals surface area contributed by atoms with Gasteiger partial charge in [-0.15, -0.1) is 0 Å². The number of nitrogens with one attached hydrogen (secondary N) is 1. The molecule has 2 amide bonds. The molecule has 0 aliphatic rings. The Labute approximate surface area is 159 Å². The summed E-state index contributed by atoms with van der Waals surface area (Å²) in [5.41, 5.74) is 11.6. The van der Waals surface area contributed by atoms with Crippen LogP contribution in [0.4, 0.5) is 11.4 Å². The first kappa shape index (κ1) is 19.6. The highest BCUT2D eigenvalue weighted by Gasteiger charge is 2.22. The van der Waals surface area contributed by atoms with Crippen molar-refractivity contribution in [2.45, 2.75) is 13.0 Å². The number of nitrogens with two attached hydrogens (primary N) is 2. The summed E-state index contributed by atoms with van der Waals surface area (Å²) in [6.45, 7) is 1.40. The Kier molecular flexibility index (Phi) is 6.07.